The Labute approximate surface area is 97.9 Å². The molecule has 16 heavy (non-hydrogen) atoms. The third-order valence-electron chi connectivity index (χ3n) is 1.92. The lowest BCUT2D eigenvalue weighted by Crippen LogP contribution is -1.95. The quantitative estimate of drug-likeness (QED) is 0.483. The molecule has 0 amide bonds. The molecule has 0 saturated heterocycles. The van der Waals surface area contributed by atoms with Gasteiger partial charge in [-0.25, -0.2) is 0 Å². The number of carbonyl (C=O) groups is 1. The van der Waals surface area contributed by atoms with Crippen molar-refractivity contribution in [2.45, 2.75) is 13.8 Å². The molecule has 0 spiro atoms. The summed E-state index contributed by atoms with van der Waals surface area (Å²) >= 11 is 0. The van der Waals surface area contributed by atoms with Crippen molar-refractivity contribution in [3.8, 4) is 0 Å². The molecule has 0 rings (SSSR count). The van der Waals surface area contributed by atoms with Crippen LogP contribution in [0.2, 0.25) is 0 Å². The monoisotopic (exact) mass is 214 g/mol. The molecule has 0 heterocycles. The average molecular weight is 214 g/mol. The van der Waals surface area contributed by atoms with Gasteiger partial charge in [0.1, 0.15) is 0 Å². The lowest BCUT2D eigenvalue weighted by molar-refractivity contribution is -0.111. The van der Waals surface area contributed by atoms with Crippen molar-refractivity contribution in [3.63, 3.8) is 0 Å². The van der Waals surface area contributed by atoms with E-state index in [9.17, 15) is 4.79 Å². The summed E-state index contributed by atoms with van der Waals surface area (Å²) in [6.07, 6.45) is 13.8. The number of carbonyl (C=O) groups excluding carboxylic acids is 1. The molecule has 0 aromatic rings. The minimum Gasteiger partial charge on any atom is -0.289 e. The average Bonchev–Trinajstić information content (AvgIpc) is 2.30. The van der Waals surface area contributed by atoms with Crippen LogP contribution in [0.25, 0.3) is 0 Å². The van der Waals surface area contributed by atoms with Crippen molar-refractivity contribution in [1.29, 1.82) is 0 Å². The molecule has 0 aliphatic rings. The molecule has 0 N–H and O–H groups in total. The van der Waals surface area contributed by atoms with Gasteiger partial charge >= 0.3 is 0 Å². The van der Waals surface area contributed by atoms with Crippen molar-refractivity contribution in [1.82, 2.24) is 0 Å². The SMILES string of the molecule is C=C/C=C(\C=C/C)C(=O)/C=C/C(C=C)=C/C. The molecule has 0 aliphatic heterocycles. The highest BCUT2D eigenvalue weighted by molar-refractivity contribution is 6.06. The molecule has 0 aromatic heterocycles. The summed E-state index contributed by atoms with van der Waals surface area (Å²) in [5.41, 5.74) is 1.54. The second-order valence-electron chi connectivity index (χ2n) is 3.05. The van der Waals surface area contributed by atoms with E-state index in [-0.39, 0.29) is 5.78 Å². The molecule has 0 radical (unpaired) electrons. The number of rotatable bonds is 6. The Balaban J connectivity index is 4.85. The topological polar surface area (TPSA) is 17.1 Å². The van der Waals surface area contributed by atoms with Gasteiger partial charge in [-0.2, -0.15) is 0 Å². The van der Waals surface area contributed by atoms with Crippen LogP contribution in [0.1, 0.15) is 13.8 Å². The van der Waals surface area contributed by atoms with Crippen LogP contribution in [0, 0.1) is 0 Å². The third-order valence-corrected chi connectivity index (χ3v) is 1.92. The second kappa shape index (κ2) is 8.42. The fourth-order valence-corrected chi connectivity index (χ4v) is 1.08. The lowest BCUT2D eigenvalue weighted by atomic mass is 10.1. The molecule has 0 atom stereocenters. The van der Waals surface area contributed by atoms with E-state index in [0.29, 0.717) is 5.57 Å². The lowest BCUT2D eigenvalue weighted by Gasteiger charge is -1.95. The molecule has 0 saturated carbocycles. The smallest absolute Gasteiger partial charge is 0.185 e. The summed E-state index contributed by atoms with van der Waals surface area (Å²) in [7, 11) is 0. The van der Waals surface area contributed by atoms with E-state index in [2.05, 4.69) is 13.2 Å². The van der Waals surface area contributed by atoms with Gasteiger partial charge in [0.15, 0.2) is 5.78 Å². The number of ketones is 1. The Hall–Kier alpha value is -1.89. The largest absolute Gasteiger partial charge is 0.289 e. The minimum absolute atomic E-state index is 0.0424. The predicted molar refractivity (Wildman–Crippen MR) is 71.2 cm³/mol. The van der Waals surface area contributed by atoms with Crippen molar-refractivity contribution < 1.29 is 4.79 Å². The molecule has 0 aliphatic carbocycles. The summed E-state index contributed by atoms with van der Waals surface area (Å²) in [5, 5.41) is 0. The van der Waals surface area contributed by atoms with Gasteiger partial charge < -0.3 is 0 Å². The molecule has 0 aromatic carbocycles. The first-order valence-corrected chi connectivity index (χ1v) is 5.16. The minimum atomic E-state index is -0.0424. The summed E-state index contributed by atoms with van der Waals surface area (Å²) in [6.45, 7) is 11.0. The normalized spacial score (nSPS) is 13.4. The first-order chi connectivity index (χ1) is 7.69. The highest BCUT2D eigenvalue weighted by atomic mass is 16.1. The van der Waals surface area contributed by atoms with Crippen LogP contribution in [0.3, 0.4) is 0 Å². The van der Waals surface area contributed by atoms with Gasteiger partial charge in [-0.3, -0.25) is 4.79 Å². The Bertz CT molecular complexity index is 376. The van der Waals surface area contributed by atoms with Crippen LogP contribution >= 0.6 is 0 Å². The van der Waals surface area contributed by atoms with Crippen LogP contribution in [-0.4, -0.2) is 5.78 Å². The van der Waals surface area contributed by atoms with Crippen molar-refractivity contribution in [2.24, 2.45) is 0 Å². The first-order valence-electron chi connectivity index (χ1n) is 5.16. The maximum atomic E-state index is 11.7. The van der Waals surface area contributed by atoms with E-state index < -0.39 is 0 Å². The highest BCUT2D eigenvalue weighted by Crippen LogP contribution is 2.04. The highest BCUT2D eigenvalue weighted by Gasteiger charge is 2.00. The molecule has 84 valence electrons. The van der Waals surface area contributed by atoms with Gasteiger partial charge in [0.25, 0.3) is 0 Å². The van der Waals surface area contributed by atoms with Gasteiger partial charge in [-0.1, -0.05) is 55.7 Å². The molecular weight excluding hydrogens is 196 g/mol. The number of hydrogen-bond donors (Lipinski definition) is 0. The maximum absolute atomic E-state index is 11.7. The molecule has 1 nitrogen and oxygen atoms in total. The van der Waals surface area contributed by atoms with Crippen LogP contribution < -0.4 is 0 Å². The van der Waals surface area contributed by atoms with E-state index in [1.54, 1.807) is 30.4 Å². The molecule has 0 bridgehead atoms. The van der Waals surface area contributed by atoms with Gasteiger partial charge in [0.05, 0.1) is 0 Å². The van der Waals surface area contributed by atoms with Crippen LogP contribution in [0.15, 0.2) is 72.9 Å². The van der Waals surface area contributed by atoms with E-state index in [1.165, 1.54) is 6.08 Å². The first kappa shape index (κ1) is 14.1. The predicted octanol–water partition coefficient (Wildman–Crippen LogP) is 3.93. The van der Waals surface area contributed by atoms with Gasteiger partial charge in [0.2, 0.25) is 0 Å². The molecule has 1 heteroatoms. The third kappa shape index (κ3) is 5.11. The molecule has 0 unspecified atom stereocenters. The van der Waals surface area contributed by atoms with Gasteiger partial charge in [-0.15, -0.1) is 0 Å². The zero-order valence-electron chi connectivity index (χ0n) is 9.94. The van der Waals surface area contributed by atoms with E-state index in [0.717, 1.165) is 5.57 Å². The zero-order chi connectivity index (χ0) is 12.4. The van der Waals surface area contributed by atoms with E-state index in [1.807, 2.05) is 26.0 Å². The van der Waals surface area contributed by atoms with Gasteiger partial charge in [0, 0.05) is 5.57 Å². The maximum Gasteiger partial charge on any atom is 0.185 e. The van der Waals surface area contributed by atoms with E-state index in [4.69, 9.17) is 0 Å². The Morgan fingerprint density at radius 3 is 2.19 bits per heavy atom. The molecule has 0 fully saturated rings. The van der Waals surface area contributed by atoms with Crippen LogP contribution in [0.5, 0.6) is 0 Å². The van der Waals surface area contributed by atoms with Crippen LogP contribution in [-0.2, 0) is 4.79 Å². The van der Waals surface area contributed by atoms with E-state index >= 15 is 0 Å². The van der Waals surface area contributed by atoms with Crippen molar-refractivity contribution in [3.05, 3.63) is 72.9 Å². The Kier molecular flexibility index (Phi) is 7.43. The fourth-order valence-electron chi connectivity index (χ4n) is 1.08. The second-order valence-corrected chi connectivity index (χ2v) is 3.05. The van der Waals surface area contributed by atoms with Gasteiger partial charge in [-0.05, 0) is 25.5 Å². The number of hydrogen-bond acceptors (Lipinski definition) is 1. The molecular formula is C15H18O. The summed E-state index contributed by atoms with van der Waals surface area (Å²) in [4.78, 5) is 11.7. The van der Waals surface area contributed by atoms with Crippen LogP contribution in [0.4, 0.5) is 0 Å². The Morgan fingerprint density at radius 2 is 1.75 bits per heavy atom. The van der Waals surface area contributed by atoms with Crippen molar-refractivity contribution in [2.75, 3.05) is 0 Å². The standard InChI is InChI=1S/C15H18O/c1-5-9-14(10-6-2)15(16)12-11-13(7-3)8-4/h5-12H,1,3H2,2,4H3/b10-6-,12-11+,13-8+,14-9+. The zero-order valence-corrected chi connectivity index (χ0v) is 9.94. The number of allylic oxidation sites excluding steroid dienone is 10. The summed E-state index contributed by atoms with van der Waals surface area (Å²) < 4.78 is 0. The summed E-state index contributed by atoms with van der Waals surface area (Å²) in [6, 6.07) is 0. The Morgan fingerprint density at radius 1 is 1.06 bits per heavy atom. The van der Waals surface area contributed by atoms with Crippen molar-refractivity contribution >= 4 is 5.78 Å². The summed E-state index contributed by atoms with van der Waals surface area (Å²) in [5.74, 6) is -0.0424. The fraction of sp³-hybridized carbons (Fsp3) is 0.133.